The molecule has 136 valence electrons. The molecule has 1 N–H and O–H groups in total. The maximum atomic E-state index is 12.9. The lowest BCUT2D eigenvalue weighted by molar-refractivity contribution is -0.141. The molecule has 2 aliphatic rings. The van der Waals surface area contributed by atoms with Crippen LogP contribution in [0.4, 0.5) is 0 Å². The summed E-state index contributed by atoms with van der Waals surface area (Å²) < 4.78 is 6.35. The zero-order valence-corrected chi connectivity index (χ0v) is 16.4. The molecule has 0 bridgehead atoms. The van der Waals surface area contributed by atoms with Gasteiger partial charge in [0.2, 0.25) is 11.8 Å². The van der Waals surface area contributed by atoms with E-state index in [1.807, 2.05) is 25.1 Å². The zero-order valence-electron chi connectivity index (χ0n) is 14.8. The lowest BCUT2D eigenvalue weighted by Gasteiger charge is -2.35. The maximum absolute atomic E-state index is 12.9. The minimum absolute atomic E-state index is 0.0195. The van der Waals surface area contributed by atoms with Gasteiger partial charge in [0, 0.05) is 22.5 Å². The quantitative estimate of drug-likeness (QED) is 0.811. The molecule has 1 saturated heterocycles. The van der Waals surface area contributed by atoms with Crippen molar-refractivity contribution in [3.8, 4) is 5.75 Å². The minimum Gasteiger partial charge on any atom is -0.496 e. The summed E-state index contributed by atoms with van der Waals surface area (Å²) in [6, 6.07) is 5.97. The van der Waals surface area contributed by atoms with Gasteiger partial charge < -0.3 is 15.0 Å². The van der Waals surface area contributed by atoms with Gasteiger partial charge in [0.25, 0.3) is 0 Å². The summed E-state index contributed by atoms with van der Waals surface area (Å²) in [7, 11) is 1.62. The van der Waals surface area contributed by atoms with Gasteiger partial charge in [-0.3, -0.25) is 9.59 Å². The average Bonchev–Trinajstić information content (AvgIpc) is 3.19. The third kappa shape index (κ3) is 3.68. The van der Waals surface area contributed by atoms with E-state index >= 15 is 0 Å². The number of halogens is 1. The summed E-state index contributed by atoms with van der Waals surface area (Å²) in [6.45, 7) is 2.25. The predicted molar refractivity (Wildman–Crippen MR) is 99.3 cm³/mol. The zero-order chi connectivity index (χ0) is 18.0. The first-order chi connectivity index (χ1) is 11.9. The van der Waals surface area contributed by atoms with Crippen molar-refractivity contribution in [2.24, 2.45) is 0 Å². The molecule has 1 aliphatic carbocycles. The fraction of sp³-hybridized carbons (Fsp3) is 0.579. The van der Waals surface area contributed by atoms with Crippen LogP contribution in [0.25, 0.3) is 0 Å². The molecule has 6 heteroatoms. The number of nitrogens with one attached hydrogen (secondary N) is 1. The third-order valence-electron chi connectivity index (χ3n) is 5.47. The molecule has 0 unspecified atom stereocenters. The fourth-order valence-corrected chi connectivity index (χ4v) is 4.25. The predicted octanol–water partition coefficient (Wildman–Crippen LogP) is 3.40. The number of nitrogens with zero attached hydrogens (tertiary/aromatic N) is 1. The Labute approximate surface area is 157 Å². The Hall–Kier alpha value is -1.56. The van der Waals surface area contributed by atoms with Gasteiger partial charge >= 0.3 is 0 Å². The number of carbonyl (C=O) groups excluding carboxylic acids is 2. The summed E-state index contributed by atoms with van der Waals surface area (Å²) in [5.74, 6) is 0.715. The Kier molecular flexibility index (Phi) is 5.37. The van der Waals surface area contributed by atoms with Crippen molar-refractivity contribution in [1.82, 2.24) is 10.2 Å². The second kappa shape index (κ2) is 7.36. The van der Waals surface area contributed by atoms with Crippen LogP contribution in [-0.4, -0.2) is 35.4 Å². The first-order valence-corrected chi connectivity index (χ1v) is 9.67. The molecular formula is C19H25BrN2O3. The summed E-state index contributed by atoms with van der Waals surface area (Å²) in [5.41, 5.74) is 0.0968. The van der Waals surface area contributed by atoms with Gasteiger partial charge in [-0.25, -0.2) is 0 Å². The first-order valence-electron chi connectivity index (χ1n) is 8.88. The molecule has 0 radical (unpaired) electrons. The molecule has 1 aromatic carbocycles. The van der Waals surface area contributed by atoms with Crippen LogP contribution < -0.4 is 10.1 Å². The van der Waals surface area contributed by atoms with Crippen molar-refractivity contribution in [3.63, 3.8) is 0 Å². The first kappa shape index (κ1) is 18.2. The standard InChI is InChI=1S/C19H25BrN2O3/c1-19(18(24)21-15-5-3-4-6-15)10-9-17(23)22(19)12-13-11-14(20)7-8-16(13)25-2/h7-8,11,15H,3-6,9-10,12H2,1-2H3,(H,21,24)/t19-/m0/s1. The number of methoxy groups -OCH3 is 1. The highest BCUT2D eigenvalue weighted by atomic mass is 79.9. The van der Waals surface area contributed by atoms with E-state index < -0.39 is 5.54 Å². The van der Waals surface area contributed by atoms with E-state index in [2.05, 4.69) is 21.2 Å². The van der Waals surface area contributed by atoms with Crippen molar-refractivity contribution >= 4 is 27.7 Å². The van der Waals surface area contributed by atoms with Gasteiger partial charge in [-0.05, 0) is 44.4 Å². The summed E-state index contributed by atoms with van der Waals surface area (Å²) in [6.07, 6.45) is 5.37. The molecule has 1 heterocycles. The topological polar surface area (TPSA) is 58.6 Å². The van der Waals surface area contributed by atoms with Crippen molar-refractivity contribution in [1.29, 1.82) is 0 Å². The molecule has 2 fully saturated rings. The number of amides is 2. The van der Waals surface area contributed by atoms with Crippen molar-refractivity contribution in [2.45, 2.75) is 63.6 Å². The van der Waals surface area contributed by atoms with Crippen LogP contribution in [0.5, 0.6) is 5.75 Å². The molecule has 1 aliphatic heterocycles. The number of hydrogen-bond acceptors (Lipinski definition) is 3. The average molecular weight is 409 g/mol. The second-order valence-corrected chi connectivity index (χ2v) is 8.08. The van der Waals surface area contributed by atoms with Crippen molar-refractivity contribution in [2.75, 3.05) is 7.11 Å². The van der Waals surface area contributed by atoms with E-state index in [0.29, 0.717) is 19.4 Å². The molecule has 3 rings (SSSR count). The van der Waals surface area contributed by atoms with E-state index in [-0.39, 0.29) is 17.9 Å². The summed E-state index contributed by atoms with van der Waals surface area (Å²) >= 11 is 3.47. The fourth-order valence-electron chi connectivity index (χ4n) is 3.85. The highest BCUT2D eigenvalue weighted by molar-refractivity contribution is 9.10. The lowest BCUT2D eigenvalue weighted by Crippen LogP contribution is -2.55. The van der Waals surface area contributed by atoms with E-state index in [9.17, 15) is 9.59 Å². The van der Waals surface area contributed by atoms with E-state index in [1.165, 1.54) is 12.8 Å². The minimum atomic E-state index is -0.799. The molecule has 2 amide bonds. The number of benzene rings is 1. The van der Waals surface area contributed by atoms with Crippen LogP contribution in [0, 0.1) is 0 Å². The molecule has 0 aromatic heterocycles. The normalized spacial score (nSPS) is 24.0. The summed E-state index contributed by atoms with van der Waals surface area (Å²) in [4.78, 5) is 27.2. The maximum Gasteiger partial charge on any atom is 0.245 e. The number of likely N-dealkylation sites (tertiary alicyclic amines) is 1. The highest BCUT2D eigenvalue weighted by Crippen LogP contribution is 2.35. The number of ether oxygens (including phenoxy) is 1. The Morgan fingerprint density at radius 3 is 2.80 bits per heavy atom. The van der Waals surface area contributed by atoms with Crippen LogP contribution in [0.2, 0.25) is 0 Å². The van der Waals surface area contributed by atoms with Crippen LogP contribution in [0.15, 0.2) is 22.7 Å². The molecule has 5 nitrogen and oxygen atoms in total. The van der Waals surface area contributed by atoms with Crippen LogP contribution in [0.1, 0.15) is 51.0 Å². The van der Waals surface area contributed by atoms with E-state index in [1.54, 1.807) is 12.0 Å². The van der Waals surface area contributed by atoms with E-state index in [4.69, 9.17) is 4.74 Å². The van der Waals surface area contributed by atoms with Gasteiger partial charge in [-0.2, -0.15) is 0 Å². The van der Waals surface area contributed by atoms with Crippen molar-refractivity contribution in [3.05, 3.63) is 28.2 Å². The Morgan fingerprint density at radius 1 is 1.40 bits per heavy atom. The number of hydrogen-bond donors (Lipinski definition) is 1. The molecule has 25 heavy (non-hydrogen) atoms. The Balaban J connectivity index is 1.81. The number of rotatable bonds is 5. The van der Waals surface area contributed by atoms with Gasteiger partial charge in [0.15, 0.2) is 0 Å². The Bertz CT molecular complexity index is 673. The second-order valence-electron chi connectivity index (χ2n) is 7.16. The van der Waals surface area contributed by atoms with Crippen LogP contribution in [0.3, 0.4) is 0 Å². The van der Waals surface area contributed by atoms with Crippen LogP contribution in [-0.2, 0) is 16.1 Å². The molecular weight excluding hydrogens is 384 g/mol. The molecule has 1 aromatic rings. The lowest BCUT2D eigenvalue weighted by atomic mass is 9.96. The monoisotopic (exact) mass is 408 g/mol. The smallest absolute Gasteiger partial charge is 0.245 e. The van der Waals surface area contributed by atoms with Gasteiger partial charge in [-0.1, -0.05) is 28.8 Å². The van der Waals surface area contributed by atoms with E-state index in [0.717, 1.165) is 28.6 Å². The van der Waals surface area contributed by atoms with Gasteiger partial charge in [0.1, 0.15) is 11.3 Å². The third-order valence-corrected chi connectivity index (χ3v) is 5.97. The molecule has 0 spiro atoms. The Morgan fingerprint density at radius 2 is 2.12 bits per heavy atom. The van der Waals surface area contributed by atoms with Crippen molar-refractivity contribution < 1.29 is 14.3 Å². The summed E-state index contributed by atoms with van der Waals surface area (Å²) in [5, 5.41) is 3.16. The molecule has 1 atom stereocenters. The largest absolute Gasteiger partial charge is 0.496 e. The SMILES string of the molecule is COc1ccc(Br)cc1CN1C(=O)CC[C@@]1(C)C(=O)NC1CCCC1. The number of carbonyl (C=O) groups is 2. The van der Waals surface area contributed by atoms with Gasteiger partial charge in [0.05, 0.1) is 13.7 Å². The van der Waals surface area contributed by atoms with Crippen LogP contribution >= 0.6 is 15.9 Å². The highest BCUT2D eigenvalue weighted by Gasteiger charge is 2.47. The van der Waals surface area contributed by atoms with Gasteiger partial charge in [-0.15, -0.1) is 0 Å². The molecule has 1 saturated carbocycles.